The summed E-state index contributed by atoms with van der Waals surface area (Å²) in [6.07, 6.45) is 0.359. The van der Waals surface area contributed by atoms with Crippen LogP contribution in [0.2, 0.25) is 0 Å². The molecular formula is C9H18O6S. The third-order valence-corrected chi connectivity index (χ3v) is 3.42. The van der Waals surface area contributed by atoms with Crippen molar-refractivity contribution in [2.75, 3.05) is 38.4 Å². The maximum Gasteiger partial charge on any atom is 0.304 e. The molecule has 0 saturated carbocycles. The van der Waals surface area contributed by atoms with E-state index >= 15 is 0 Å². The van der Waals surface area contributed by atoms with Crippen molar-refractivity contribution in [3.05, 3.63) is 0 Å². The van der Waals surface area contributed by atoms with Gasteiger partial charge in [-0.15, -0.1) is 0 Å². The lowest BCUT2D eigenvalue weighted by Gasteiger charge is -2.04. The first-order chi connectivity index (χ1) is 7.48. The maximum atomic E-state index is 11.3. The third kappa shape index (κ3) is 9.88. The second-order valence-corrected chi connectivity index (χ2v) is 5.56. The number of hydrogen-bond acceptors (Lipinski definition) is 5. The molecule has 0 aromatic heterocycles. The van der Waals surface area contributed by atoms with Crippen molar-refractivity contribution >= 4 is 15.8 Å². The van der Waals surface area contributed by atoms with Gasteiger partial charge in [0, 0.05) is 20.3 Å². The number of carbonyl (C=O) groups is 1. The number of methoxy groups -OCH3 is 1. The topological polar surface area (TPSA) is 89.9 Å². The first-order valence-electron chi connectivity index (χ1n) is 4.97. The van der Waals surface area contributed by atoms with E-state index in [0.29, 0.717) is 19.6 Å². The zero-order valence-electron chi connectivity index (χ0n) is 9.35. The van der Waals surface area contributed by atoms with Crippen LogP contribution in [-0.4, -0.2) is 57.9 Å². The minimum absolute atomic E-state index is 0.103. The van der Waals surface area contributed by atoms with Gasteiger partial charge in [0.15, 0.2) is 9.84 Å². The predicted molar refractivity (Wildman–Crippen MR) is 58.2 cm³/mol. The summed E-state index contributed by atoms with van der Waals surface area (Å²) in [5.74, 6) is -1.57. The number of rotatable bonds is 10. The van der Waals surface area contributed by atoms with E-state index in [1.54, 1.807) is 7.11 Å². The molecule has 0 spiro atoms. The molecule has 0 rings (SSSR count). The zero-order chi connectivity index (χ0) is 12.4. The first-order valence-corrected chi connectivity index (χ1v) is 6.79. The van der Waals surface area contributed by atoms with Gasteiger partial charge in [-0.25, -0.2) is 8.42 Å². The summed E-state index contributed by atoms with van der Waals surface area (Å²) in [6, 6.07) is 0. The summed E-state index contributed by atoms with van der Waals surface area (Å²) in [5.41, 5.74) is 0. The number of carboxylic acids is 1. The molecule has 0 aromatic rings. The molecule has 0 fully saturated rings. The van der Waals surface area contributed by atoms with Gasteiger partial charge in [0.05, 0.1) is 24.5 Å². The van der Waals surface area contributed by atoms with Crippen LogP contribution in [0.3, 0.4) is 0 Å². The highest BCUT2D eigenvalue weighted by Gasteiger charge is 2.12. The molecule has 96 valence electrons. The van der Waals surface area contributed by atoms with Crippen molar-refractivity contribution in [1.82, 2.24) is 0 Å². The van der Waals surface area contributed by atoms with Crippen LogP contribution in [0, 0.1) is 0 Å². The molecule has 1 N–H and O–H groups in total. The van der Waals surface area contributed by atoms with Gasteiger partial charge < -0.3 is 14.6 Å². The van der Waals surface area contributed by atoms with Gasteiger partial charge in [-0.3, -0.25) is 4.79 Å². The minimum atomic E-state index is -3.31. The fourth-order valence-corrected chi connectivity index (χ4v) is 2.00. The average molecular weight is 254 g/mol. The van der Waals surface area contributed by atoms with E-state index in [2.05, 4.69) is 0 Å². The summed E-state index contributed by atoms with van der Waals surface area (Å²) >= 11 is 0. The molecule has 0 aliphatic heterocycles. The molecule has 0 bridgehead atoms. The Morgan fingerprint density at radius 2 is 1.88 bits per heavy atom. The largest absolute Gasteiger partial charge is 0.481 e. The van der Waals surface area contributed by atoms with Crippen molar-refractivity contribution in [3.63, 3.8) is 0 Å². The third-order valence-electron chi connectivity index (χ3n) is 1.80. The second kappa shape index (κ2) is 8.49. The monoisotopic (exact) mass is 254 g/mol. The zero-order valence-corrected chi connectivity index (χ0v) is 10.2. The number of sulfone groups is 1. The fraction of sp³-hybridized carbons (Fsp3) is 0.889. The summed E-state index contributed by atoms with van der Waals surface area (Å²) < 4.78 is 32.4. The Morgan fingerprint density at radius 3 is 2.44 bits per heavy atom. The maximum absolute atomic E-state index is 11.3. The fourth-order valence-electron chi connectivity index (χ4n) is 0.938. The highest BCUT2D eigenvalue weighted by atomic mass is 32.2. The van der Waals surface area contributed by atoms with Gasteiger partial charge >= 0.3 is 5.97 Å². The quantitative estimate of drug-likeness (QED) is 0.549. The Kier molecular flexibility index (Phi) is 8.14. The van der Waals surface area contributed by atoms with E-state index < -0.39 is 15.8 Å². The average Bonchev–Trinajstić information content (AvgIpc) is 2.21. The van der Waals surface area contributed by atoms with Crippen LogP contribution in [0.5, 0.6) is 0 Å². The molecular weight excluding hydrogens is 236 g/mol. The van der Waals surface area contributed by atoms with E-state index in [1.165, 1.54) is 0 Å². The van der Waals surface area contributed by atoms with Crippen LogP contribution < -0.4 is 0 Å². The lowest BCUT2D eigenvalue weighted by Crippen LogP contribution is -2.18. The highest BCUT2D eigenvalue weighted by molar-refractivity contribution is 7.91. The molecule has 0 saturated heterocycles. The summed E-state index contributed by atoms with van der Waals surface area (Å²) in [5, 5.41) is 8.34. The molecule has 0 atom stereocenters. The van der Waals surface area contributed by atoms with Gasteiger partial charge in [-0.2, -0.15) is 0 Å². The predicted octanol–water partition coefficient (Wildman–Crippen LogP) is -0.0710. The number of aliphatic carboxylic acids is 1. The molecule has 0 aliphatic carbocycles. The van der Waals surface area contributed by atoms with Crippen LogP contribution in [0.4, 0.5) is 0 Å². The molecule has 0 aliphatic rings. The van der Waals surface area contributed by atoms with Crippen LogP contribution in [0.15, 0.2) is 0 Å². The first kappa shape index (κ1) is 15.3. The standard InChI is InChI=1S/C9H18O6S/c1-14-4-2-5-15-6-8-16(12,13)7-3-9(10)11/h2-8H2,1H3,(H,10,11). The van der Waals surface area contributed by atoms with Gasteiger partial charge in [-0.05, 0) is 6.42 Å². The summed E-state index contributed by atoms with van der Waals surface area (Å²) in [4.78, 5) is 10.2. The van der Waals surface area contributed by atoms with Crippen LogP contribution in [0.25, 0.3) is 0 Å². The SMILES string of the molecule is COCCCOCCS(=O)(=O)CCC(=O)O. The van der Waals surface area contributed by atoms with Gasteiger partial charge in [0.2, 0.25) is 0 Å². The Bertz CT molecular complexity index is 284. The number of ether oxygens (including phenoxy) is 2. The number of hydrogen-bond donors (Lipinski definition) is 1. The van der Waals surface area contributed by atoms with Crippen molar-refractivity contribution in [3.8, 4) is 0 Å². The molecule has 0 aromatic carbocycles. The smallest absolute Gasteiger partial charge is 0.304 e. The number of carboxylic acid groups (broad SMARTS) is 1. The van der Waals surface area contributed by atoms with Gasteiger partial charge in [0.25, 0.3) is 0 Å². The molecule has 0 heterocycles. The van der Waals surface area contributed by atoms with Crippen LogP contribution in [-0.2, 0) is 24.1 Å². The molecule has 16 heavy (non-hydrogen) atoms. The Labute approximate surface area is 95.5 Å². The molecule has 6 nitrogen and oxygen atoms in total. The van der Waals surface area contributed by atoms with Crippen molar-refractivity contribution in [1.29, 1.82) is 0 Å². The Hall–Kier alpha value is -0.660. The van der Waals surface area contributed by atoms with Crippen molar-refractivity contribution in [2.24, 2.45) is 0 Å². The lowest BCUT2D eigenvalue weighted by atomic mass is 10.5. The normalized spacial score (nSPS) is 11.6. The van der Waals surface area contributed by atoms with Crippen molar-refractivity contribution < 1.29 is 27.8 Å². The second-order valence-electron chi connectivity index (χ2n) is 3.25. The van der Waals surface area contributed by atoms with Gasteiger partial charge in [-0.1, -0.05) is 0 Å². The molecule has 7 heteroatoms. The van der Waals surface area contributed by atoms with E-state index in [9.17, 15) is 13.2 Å². The van der Waals surface area contributed by atoms with Crippen molar-refractivity contribution in [2.45, 2.75) is 12.8 Å². The summed E-state index contributed by atoms with van der Waals surface area (Å²) in [7, 11) is -1.73. The Balaban J connectivity index is 3.55. The highest BCUT2D eigenvalue weighted by Crippen LogP contribution is 1.95. The van der Waals surface area contributed by atoms with E-state index in [1.807, 2.05) is 0 Å². The lowest BCUT2D eigenvalue weighted by molar-refractivity contribution is -0.136. The van der Waals surface area contributed by atoms with Gasteiger partial charge in [0.1, 0.15) is 0 Å². The molecule has 0 radical (unpaired) electrons. The molecule has 0 amide bonds. The van der Waals surface area contributed by atoms with Crippen LogP contribution >= 0.6 is 0 Å². The van der Waals surface area contributed by atoms with E-state index in [4.69, 9.17) is 14.6 Å². The minimum Gasteiger partial charge on any atom is -0.481 e. The Morgan fingerprint density at radius 1 is 1.19 bits per heavy atom. The molecule has 0 unspecified atom stereocenters. The van der Waals surface area contributed by atoms with E-state index in [-0.39, 0.29) is 24.5 Å². The van der Waals surface area contributed by atoms with Crippen LogP contribution in [0.1, 0.15) is 12.8 Å². The van der Waals surface area contributed by atoms with E-state index in [0.717, 1.165) is 0 Å². The summed E-state index contributed by atoms with van der Waals surface area (Å²) in [6.45, 7) is 1.12.